The van der Waals surface area contributed by atoms with Crippen molar-refractivity contribution in [1.82, 2.24) is 5.32 Å². The lowest BCUT2D eigenvalue weighted by Gasteiger charge is -2.15. The lowest BCUT2D eigenvalue weighted by molar-refractivity contribution is -0.385. The number of carbonyl (C=O) groups is 1. The molecule has 0 aromatic heterocycles. The van der Waals surface area contributed by atoms with Gasteiger partial charge in [0.15, 0.2) is 18.1 Å². The van der Waals surface area contributed by atoms with Crippen molar-refractivity contribution in [3.05, 3.63) is 63.2 Å². The number of nitrogens with one attached hydrogen (secondary N) is 1. The summed E-state index contributed by atoms with van der Waals surface area (Å²) in [7, 11) is 1.41. The molecule has 2 aromatic carbocycles. The molecule has 7 nitrogen and oxygen atoms in total. The van der Waals surface area contributed by atoms with Crippen LogP contribution in [0.3, 0.4) is 0 Å². The van der Waals surface area contributed by atoms with E-state index in [1.165, 1.54) is 25.3 Å². The van der Waals surface area contributed by atoms with Gasteiger partial charge in [-0.1, -0.05) is 23.7 Å². The second kappa shape index (κ2) is 8.34. The molecule has 0 aliphatic rings. The number of nitro benzene ring substituents is 1. The molecule has 1 amide bonds. The van der Waals surface area contributed by atoms with E-state index in [1.807, 2.05) is 13.0 Å². The van der Waals surface area contributed by atoms with E-state index in [0.717, 1.165) is 5.56 Å². The second-order valence-corrected chi connectivity index (χ2v) is 5.66. The van der Waals surface area contributed by atoms with Crippen molar-refractivity contribution in [2.75, 3.05) is 13.7 Å². The Morgan fingerprint density at radius 1 is 1.28 bits per heavy atom. The van der Waals surface area contributed by atoms with E-state index in [9.17, 15) is 14.9 Å². The number of methoxy groups -OCH3 is 1. The number of nitrogens with zero attached hydrogens (tertiary/aromatic N) is 1. The summed E-state index contributed by atoms with van der Waals surface area (Å²) < 4.78 is 10.5. The van der Waals surface area contributed by atoms with Gasteiger partial charge in [0.25, 0.3) is 11.6 Å². The summed E-state index contributed by atoms with van der Waals surface area (Å²) in [4.78, 5) is 22.4. The molecule has 1 atom stereocenters. The van der Waals surface area contributed by atoms with Gasteiger partial charge in [-0.05, 0) is 30.7 Å². The van der Waals surface area contributed by atoms with E-state index in [2.05, 4.69) is 5.32 Å². The van der Waals surface area contributed by atoms with Crippen LogP contribution < -0.4 is 14.8 Å². The fourth-order valence-electron chi connectivity index (χ4n) is 2.18. The zero-order valence-corrected chi connectivity index (χ0v) is 14.4. The van der Waals surface area contributed by atoms with E-state index in [0.29, 0.717) is 10.8 Å². The Kier molecular flexibility index (Phi) is 6.19. The molecule has 0 aliphatic carbocycles. The SMILES string of the molecule is COc1ccc([N+](=O)[O-])cc1OCC(=O)N[C@@H](C)c1cccc(Cl)c1. The number of carbonyl (C=O) groups excluding carboxylic acids is 1. The van der Waals surface area contributed by atoms with Gasteiger partial charge in [0, 0.05) is 11.1 Å². The highest BCUT2D eigenvalue weighted by Crippen LogP contribution is 2.31. The summed E-state index contributed by atoms with van der Waals surface area (Å²) in [5, 5.41) is 14.2. The van der Waals surface area contributed by atoms with Gasteiger partial charge < -0.3 is 14.8 Å². The van der Waals surface area contributed by atoms with Gasteiger partial charge in [-0.15, -0.1) is 0 Å². The Bertz CT molecular complexity index is 781. The minimum absolute atomic E-state index is 0.127. The molecule has 0 radical (unpaired) electrons. The van der Waals surface area contributed by atoms with Crippen molar-refractivity contribution in [3.8, 4) is 11.5 Å². The predicted molar refractivity (Wildman–Crippen MR) is 93.2 cm³/mol. The summed E-state index contributed by atoms with van der Waals surface area (Å²) in [6, 6.07) is 10.8. The largest absolute Gasteiger partial charge is 0.493 e. The molecule has 0 aliphatic heterocycles. The zero-order valence-electron chi connectivity index (χ0n) is 13.7. The number of nitro groups is 1. The molecule has 0 bridgehead atoms. The summed E-state index contributed by atoms with van der Waals surface area (Å²) in [5.74, 6) is 0.0598. The monoisotopic (exact) mass is 364 g/mol. The fraction of sp³-hybridized carbons (Fsp3) is 0.235. The fourth-order valence-corrected chi connectivity index (χ4v) is 2.38. The lowest BCUT2D eigenvalue weighted by atomic mass is 10.1. The van der Waals surface area contributed by atoms with Crippen molar-refractivity contribution in [1.29, 1.82) is 0 Å². The molecule has 0 spiro atoms. The van der Waals surface area contributed by atoms with Crippen molar-refractivity contribution in [3.63, 3.8) is 0 Å². The minimum Gasteiger partial charge on any atom is -0.493 e. The highest BCUT2D eigenvalue weighted by Gasteiger charge is 2.15. The van der Waals surface area contributed by atoms with Crippen LogP contribution in [0.2, 0.25) is 5.02 Å². The van der Waals surface area contributed by atoms with Crippen LogP contribution in [0.4, 0.5) is 5.69 Å². The smallest absolute Gasteiger partial charge is 0.273 e. The van der Waals surface area contributed by atoms with Gasteiger partial charge >= 0.3 is 0 Å². The molecule has 2 aromatic rings. The van der Waals surface area contributed by atoms with Crippen LogP contribution in [0, 0.1) is 10.1 Å². The third-order valence-corrected chi connectivity index (χ3v) is 3.68. The zero-order chi connectivity index (χ0) is 18.4. The van der Waals surface area contributed by atoms with Crippen LogP contribution in [0.15, 0.2) is 42.5 Å². The topological polar surface area (TPSA) is 90.7 Å². The highest BCUT2D eigenvalue weighted by atomic mass is 35.5. The van der Waals surface area contributed by atoms with Gasteiger partial charge in [-0.3, -0.25) is 14.9 Å². The first-order valence-electron chi connectivity index (χ1n) is 7.40. The number of rotatable bonds is 7. The first kappa shape index (κ1) is 18.5. The first-order valence-corrected chi connectivity index (χ1v) is 7.78. The quantitative estimate of drug-likeness (QED) is 0.599. The number of halogens is 1. The first-order chi connectivity index (χ1) is 11.9. The van der Waals surface area contributed by atoms with E-state index in [1.54, 1.807) is 18.2 Å². The van der Waals surface area contributed by atoms with Gasteiger partial charge in [-0.25, -0.2) is 0 Å². The number of hydrogen-bond donors (Lipinski definition) is 1. The van der Waals surface area contributed by atoms with E-state index in [4.69, 9.17) is 21.1 Å². The normalized spacial score (nSPS) is 11.5. The molecule has 25 heavy (non-hydrogen) atoms. The molecule has 0 unspecified atom stereocenters. The van der Waals surface area contributed by atoms with E-state index >= 15 is 0 Å². The molecule has 0 heterocycles. The maximum atomic E-state index is 12.1. The standard InChI is InChI=1S/C17H17ClN2O5/c1-11(12-4-3-5-13(18)8-12)19-17(21)10-25-16-9-14(20(22)23)6-7-15(16)24-2/h3-9,11H,10H2,1-2H3,(H,19,21)/t11-/m0/s1. The molecule has 0 saturated carbocycles. The Hall–Kier alpha value is -2.80. The second-order valence-electron chi connectivity index (χ2n) is 5.23. The van der Waals surface area contributed by atoms with Gasteiger partial charge in [-0.2, -0.15) is 0 Å². The van der Waals surface area contributed by atoms with Gasteiger partial charge in [0.1, 0.15) is 0 Å². The maximum absolute atomic E-state index is 12.1. The number of non-ortho nitro benzene ring substituents is 1. The van der Waals surface area contributed by atoms with Gasteiger partial charge in [0.05, 0.1) is 24.1 Å². The lowest BCUT2D eigenvalue weighted by Crippen LogP contribution is -2.31. The molecule has 132 valence electrons. The van der Waals surface area contributed by atoms with E-state index < -0.39 is 4.92 Å². The van der Waals surface area contributed by atoms with Crippen molar-refractivity contribution in [2.45, 2.75) is 13.0 Å². The van der Waals surface area contributed by atoms with Crippen molar-refractivity contribution < 1.29 is 19.2 Å². The van der Waals surface area contributed by atoms with Crippen LogP contribution in [0.5, 0.6) is 11.5 Å². The summed E-state index contributed by atoms with van der Waals surface area (Å²) in [6.45, 7) is 1.51. The van der Waals surface area contributed by atoms with Crippen LogP contribution in [-0.2, 0) is 4.79 Å². The Morgan fingerprint density at radius 3 is 2.68 bits per heavy atom. The van der Waals surface area contributed by atoms with Crippen LogP contribution in [0.25, 0.3) is 0 Å². The van der Waals surface area contributed by atoms with Crippen molar-refractivity contribution in [2.24, 2.45) is 0 Å². The minimum atomic E-state index is -0.548. The summed E-state index contributed by atoms with van der Waals surface area (Å²) in [6.07, 6.45) is 0. The Labute approximate surface area is 149 Å². The van der Waals surface area contributed by atoms with E-state index in [-0.39, 0.29) is 30.0 Å². The summed E-state index contributed by atoms with van der Waals surface area (Å²) in [5.41, 5.74) is 0.706. The Balaban J connectivity index is 2.00. The molecule has 1 N–H and O–H groups in total. The average Bonchev–Trinajstić information content (AvgIpc) is 2.59. The van der Waals surface area contributed by atoms with Gasteiger partial charge in [0.2, 0.25) is 0 Å². The molecule has 8 heteroatoms. The maximum Gasteiger partial charge on any atom is 0.273 e. The highest BCUT2D eigenvalue weighted by molar-refractivity contribution is 6.30. The average molecular weight is 365 g/mol. The summed E-state index contributed by atoms with van der Waals surface area (Å²) >= 11 is 5.93. The number of benzene rings is 2. The molecule has 0 saturated heterocycles. The van der Waals surface area contributed by atoms with Crippen LogP contribution in [-0.4, -0.2) is 24.5 Å². The van der Waals surface area contributed by atoms with Crippen molar-refractivity contribution >= 4 is 23.2 Å². The molecule has 0 fully saturated rings. The third kappa shape index (κ3) is 5.09. The molecular formula is C17H17ClN2O5. The predicted octanol–water partition coefficient (Wildman–Crippen LogP) is 3.51. The Morgan fingerprint density at radius 2 is 2.04 bits per heavy atom. The number of hydrogen-bond acceptors (Lipinski definition) is 5. The molecular weight excluding hydrogens is 348 g/mol. The number of ether oxygens (including phenoxy) is 2. The van der Waals surface area contributed by atoms with Crippen LogP contribution in [0.1, 0.15) is 18.5 Å². The molecule has 2 rings (SSSR count). The number of amides is 1. The third-order valence-electron chi connectivity index (χ3n) is 3.44. The van der Waals surface area contributed by atoms with Crippen LogP contribution >= 0.6 is 11.6 Å².